The van der Waals surface area contributed by atoms with E-state index in [4.69, 9.17) is 0 Å². The summed E-state index contributed by atoms with van der Waals surface area (Å²) in [6.07, 6.45) is 4.50. The fourth-order valence-corrected chi connectivity index (χ4v) is 3.61. The third-order valence-electron chi connectivity index (χ3n) is 4.97. The molecule has 2 amide bonds. The maximum absolute atomic E-state index is 12.0. The average molecular weight is 297 g/mol. The van der Waals surface area contributed by atoms with Crippen LogP contribution in [0.4, 0.5) is 4.79 Å². The summed E-state index contributed by atoms with van der Waals surface area (Å²) in [5.41, 5.74) is -0.739. The highest BCUT2D eigenvalue weighted by atomic mass is 16.4. The van der Waals surface area contributed by atoms with E-state index in [0.29, 0.717) is 13.1 Å². The fourth-order valence-electron chi connectivity index (χ4n) is 3.61. The number of urea groups is 1. The monoisotopic (exact) mass is 297 g/mol. The van der Waals surface area contributed by atoms with Crippen molar-refractivity contribution in [2.45, 2.75) is 50.6 Å². The van der Waals surface area contributed by atoms with E-state index in [0.717, 1.165) is 38.6 Å². The molecule has 2 heterocycles. The molecule has 2 aliphatic rings. The first-order valence-corrected chi connectivity index (χ1v) is 7.82. The van der Waals surface area contributed by atoms with Crippen molar-refractivity contribution in [3.63, 3.8) is 0 Å². The van der Waals surface area contributed by atoms with E-state index in [1.54, 1.807) is 19.0 Å². The van der Waals surface area contributed by atoms with Crippen LogP contribution in [0, 0.1) is 0 Å². The molecule has 2 fully saturated rings. The number of hydrogen-bond acceptors (Lipinski definition) is 3. The highest BCUT2D eigenvalue weighted by Crippen LogP contribution is 2.33. The van der Waals surface area contributed by atoms with Crippen LogP contribution in [0.1, 0.15) is 39.0 Å². The van der Waals surface area contributed by atoms with E-state index in [-0.39, 0.29) is 12.1 Å². The van der Waals surface area contributed by atoms with Crippen LogP contribution in [-0.4, -0.2) is 77.1 Å². The Kier molecular flexibility index (Phi) is 4.76. The summed E-state index contributed by atoms with van der Waals surface area (Å²) in [6.45, 7) is 4.14. The minimum Gasteiger partial charge on any atom is -0.480 e. The Balaban J connectivity index is 2.00. The lowest BCUT2D eigenvalue weighted by Gasteiger charge is -2.48. The van der Waals surface area contributed by atoms with Crippen molar-refractivity contribution in [1.29, 1.82) is 0 Å². The van der Waals surface area contributed by atoms with Crippen molar-refractivity contribution >= 4 is 12.0 Å². The van der Waals surface area contributed by atoms with Crippen LogP contribution in [0.5, 0.6) is 0 Å². The Morgan fingerprint density at radius 3 is 2.29 bits per heavy atom. The molecule has 0 aromatic rings. The van der Waals surface area contributed by atoms with Crippen molar-refractivity contribution in [2.24, 2.45) is 0 Å². The normalized spacial score (nSPS) is 28.4. The van der Waals surface area contributed by atoms with Gasteiger partial charge in [-0.05, 0) is 45.6 Å². The summed E-state index contributed by atoms with van der Waals surface area (Å²) in [5, 5.41) is 9.60. The predicted molar refractivity (Wildman–Crippen MR) is 80.3 cm³/mol. The zero-order valence-electron chi connectivity index (χ0n) is 13.3. The zero-order valence-corrected chi connectivity index (χ0v) is 13.3. The van der Waals surface area contributed by atoms with Gasteiger partial charge in [-0.15, -0.1) is 0 Å². The van der Waals surface area contributed by atoms with E-state index in [1.807, 2.05) is 11.8 Å². The van der Waals surface area contributed by atoms with Crippen molar-refractivity contribution in [1.82, 2.24) is 14.7 Å². The van der Waals surface area contributed by atoms with Crippen molar-refractivity contribution in [3.8, 4) is 0 Å². The molecule has 1 unspecified atom stereocenters. The Labute approximate surface area is 126 Å². The first-order valence-electron chi connectivity index (χ1n) is 7.82. The third kappa shape index (κ3) is 3.15. The van der Waals surface area contributed by atoms with Gasteiger partial charge in [-0.25, -0.2) is 4.79 Å². The molecule has 6 nitrogen and oxygen atoms in total. The number of carbonyl (C=O) groups is 2. The van der Waals surface area contributed by atoms with Gasteiger partial charge in [-0.1, -0.05) is 0 Å². The van der Waals surface area contributed by atoms with Crippen molar-refractivity contribution < 1.29 is 14.7 Å². The van der Waals surface area contributed by atoms with Gasteiger partial charge in [0.1, 0.15) is 5.54 Å². The number of rotatable bonds is 2. The van der Waals surface area contributed by atoms with Crippen LogP contribution in [0.25, 0.3) is 0 Å². The van der Waals surface area contributed by atoms with Crippen LogP contribution in [0.2, 0.25) is 0 Å². The highest BCUT2D eigenvalue weighted by Gasteiger charge is 2.45. The molecule has 2 aliphatic heterocycles. The molecule has 21 heavy (non-hydrogen) atoms. The van der Waals surface area contributed by atoms with Gasteiger partial charge in [0.15, 0.2) is 0 Å². The second-order valence-electron chi connectivity index (χ2n) is 6.62. The topological polar surface area (TPSA) is 64.1 Å². The Bertz CT molecular complexity index is 405. The second kappa shape index (κ2) is 6.22. The van der Waals surface area contributed by atoms with E-state index in [9.17, 15) is 14.7 Å². The smallest absolute Gasteiger partial charge is 0.323 e. The summed E-state index contributed by atoms with van der Waals surface area (Å²) < 4.78 is 0. The molecular weight excluding hydrogens is 270 g/mol. The van der Waals surface area contributed by atoms with Gasteiger partial charge < -0.3 is 14.9 Å². The number of piperidine rings is 2. The average Bonchev–Trinajstić information content (AvgIpc) is 2.47. The minimum atomic E-state index is -0.739. The number of hydrogen-bond donors (Lipinski definition) is 1. The van der Waals surface area contributed by atoms with E-state index >= 15 is 0 Å². The molecule has 0 bridgehead atoms. The molecule has 0 saturated carbocycles. The van der Waals surface area contributed by atoms with Crippen LogP contribution >= 0.6 is 0 Å². The van der Waals surface area contributed by atoms with Crippen LogP contribution in [-0.2, 0) is 4.79 Å². The molecule has 120 valence electrons. The quantitative estimate of drug-likeness (QED) is 0.838. The second-order valence-corrected chi connectivity index (χ2v) is 6.62. The summed E-state index contributed by atoms with van der Waals surface area (Å²) in [5.74, 6) is -0.714. The number of nitrogens with zero attached hydrogens (tertiary/aromatic N) is 3. The van der Waals surface area contributed by atoms with Gasteiger partial charge in [-0.2, -0.15) is 0 Å². The Hall–Kier alpha value is -1.30. The maximum atomic E-state index is 12.0. The molecule has 0 radical (unpaired) electrons. The molecule has 0 aliphatic carbocycles. The predicted octanol–water partition coefficient (Wildman–Crippen LogP) is 1.46. The van der Waals surface area contributed by atoms with Gasteiger partial charge in [0.25, 0.3) is 0 Å². The fraction of sp³-hybridized carbons (Fsp3) is 0.867. The summed E-state index contributed by atoms with van der Waals surface area (Å²) in [4.78, 5) is 29.3. The number of aliphatic carboxylic acids is 1. The van der Waals surface area contributed by atoms with Gasteiger partial charge >= 0.3 is 12.0 Å². The molecule has 0 aromatic carbocycles. The van der Waals surface area contributed by atoms with E-state index in [2.05, 4.69) is 4.90 Å². The Morgan fingerprint density at radius 1 is 1.14 bits per heavy atom. The summed E-state index contributed by atoms with van der Waals surface area (Å²) >= 11 is 0. The van der Waals surface area contributed by atoms with E-state index in [1.165, 1.54) is 0 Å². The van der Waals surface area contributed by atoms with Gasteiger partial charge in [0.05, 0.1) is 0 Å². The minimum absolute atomic E-state index is 0.0492. The molecule has 2 rings (SSSR count). The lowest BCUT2D eigenvalue weighted by molar-refractivity contribution is -0.156. The number of likely N-dealkylation sites (tertiary alicyclic amines) is 2. The standard InChI is InChI=1S/C15H27N3O3/c1-15(13(19)20)8-4-5-9-18(15)12-6-10-17(11-7-12)14(21)16(2)3/h12H,4-11H2,1-3H3,(H,19,20). The zero-order chi connectivity index (χ0) is 15.6. The number of carboxylic acid groups (broad SMARTS) is 1. The van der Waals surface area contributed by atoms with Crippen LogP contribution in [0.15, 0.2) is 0 Å². The molecule has 2 saturated heterocycles. The molecule has 1 N–H and O–H groups in total. The lowest BCUT2D eigenvalue weighted by atomic mass is 9.85. The molecule has 1 atom stereocenters. The number of carboxylic acids is 1. The third-order valence-corrected chi connectivity index (χ3v) is 4.97. The van der Waals surface area contributed by atoms with Crippen LogP contribution < -0.4 is 0 Å². The summed E-state index contributed by atoms with van der Waals surface area (Å²) in [6, 6.07) is 0.325. The maximum Gasteiger partial charge on any atom is 0.323 e. The Morgan fingerprint density at radius 2 is 1.76 bits per heavy atom. The first-order chi connectivity index (χ1) is 9.86. The molecule has 0 aromatic heterocycles. The molecule has 6 heteroatoms. The molecular formula is C15H27N3O3. The SMILES string of the molecule is CN(C)C(=O)N1CCC(N2CCCCC2(C)C(=O)O)CC1. The van der Waals surface area contributed by atoms with Crippen molar-refractivity contribution in [2.75, 3.05) is 33.7 Å². The van der Waals surface area contributed by atoms with Gasteiger partial charge in [0, 0.05) is 33.2 Å². The summed E-state index contributed by atoms with van der Waals surface area (Å²) in [7, 11) is 3.53. The van der Waals surface area contributed by atoms with Crippen molar-refractivity contribution in [3.05, 3.63) is 0 Å². The van der Waals surface area contributed by atoms with E-state index < -0.39 is 11.5 Å². The van der Waals surface area contributed by atoms with Crippen LogP contribution in [0.3, 0.4) is 0 Å². The van der Waals surface area contributed by atoms with Gasteiger partial charge in [-0.3, -0.25) is 9.69 Å². The lowest BCUT2D eigenvalue weighted by Crippen LogP contribution is -2.61. The number of amides is 2. The molecule has 0 spiro atoms. The first kappa shape index (κ1) is 16.1. The van der Waals surface area contributed by atoms with Gasteiger partial charge in [0.2, 0.25) is 0 Å². The largest absolute Gasteiger partial charge is 0.480 e. The highest BCUT2D eigenvalue weighted by molar-refractivity contribution is 5.78. The number of carbonyl (C=O) groups excluding carboxylic acids is 1.